The number of ether oxygens (including phenoxy) is 1. The van der Waals surface area contributed by atoms with Gasteiger partial charge in [0.1, 0.15) is 12.4 Å². The van der Waals surface area contributed by atoms with Gasteiger partial charge in [-0.2, -0.15) is 0 Å². The molecule has 0 bridgehead atoms. The highest BCUT2D eigenvalue weighted by Gasteiger charge is 2.11. The second kappa shape index (κ2) is 4.06. The maximum atomic E-state index is 10.9. The Labute approximate surface area is 96.3 Å². The molecule has 1 aromatic carbocycles. The minimum Gasteiger partial charge on any atom is -0.487 e. The van der Waals surface area contributed by atoms with Crippen molar-refractivity contribution >= 4 is 27.9 Å². The highest BCUT2D eigenvalue weighted by molar-refractivity contribution is 9.10. The first kappa shape index (κ1) is 10.2. The fraction of sp³-hybridized carbons (Fsp3) is 0.182. The van der Waals surface area contributed by atoms with Gasteiger partial charge in [0.15, 0.2) is 0 Å². The standard InChI is InChI=1S/C11H10BrNO2/c1-7(14)13-10-5-8-4-9(12)2-3-11(8)15-6-10/h2-5H,6H2,1H3,(H,13,14). The van der Waals surface area contributed by atoms with E-state index in [0.29, 0.717) is 6.61 Å². The zero-order chi connectivity index (χ0) is 10.8. The molecule has 0 spiro atoms. The van der Waals surface area contributed by atoms with E-state index in [-0.39, 0.29) is 5.91 Å². The van der Waals surface area contributed by atoms with Gasteiger partial charge in [0.2, 0.25) is 5.91 Å². The Bertz CT molecular complexity index is 440. The van der Waals surface area contributed by atoms with Gasteiger partial charge in [-0.1, -0.05) is 15.9 Å². The molecule has 15 heavy (non-hydrogen) atoms. The summed E-state index contributed by atoms with van der Waals surface area (Å²) in [5.41, 5.74) is 1.76. The van der Waals surface area contributed by atoms with Crippen LogP contribution in [0.25, 0.3) is 6.08 Å². The Balaban J connectivity index is 2.31. The monoisotopic (exact) mass is 267 g/mol. The topological polar surface area (TPSA) is 38.3 Å². The highest BCUT2D eigenvalue weighted by Crippen LogP contribution is 2.28. The van der Waals surface area contributed by atoms with Crippen molar-refractivity contribution in [1.29, 1.82) is 0 Å². The molecular formula is C11H10BrNO2. The average Bonchev–Trinajstić information content (AvgIpc) is 2.16. The first-order valence-electron chi connectivity index (χ1n) is 4.55. The zero-order valence-electron chi connectivity index (χ0n) is 8.21. The molecule has 1 aliphatic rings. The number of hydrogen-bond donors (Lipinski definition) is 1. The van der Waals surface area contributed by atoms with Gasteiger partial charge in [0.25, 0.3) is 0 Å². The van der Waals surface area contributed by atoms with Gasteiger partial charge in [-0.15, -0.1) is 0 Å². The highest BCUT2D eigenvalue weighted by atomic mass is 79.9. The molecule has 0 saturated heterocycles. The number of carbonyl (C=O) groups is 1. The molecule has 3 nitrogen and oxygen atoms in total. The molecule has 0 fully saturated rings. The summed E-state index contributed by atoms with van der Waals surface area (Å²) in [5.74, 6) is 0.760. The van der Waals surface area contributed by atoms with Gasteiger partial charge in [-0.05, 0) is 24.3 Å². The number of hydrogen-bond acceptors (Lipinski definition) is 2. The Morgan fingerprint density at radius 2 is 2.33 bits per heavy atom. The normalized spacial score (nSPS) is 13.6. The van der Waals surface area contributed by atoms with Gasteiger partial charge in [-0.3, -0.25) is 4.79 Å². The molecule has 4 heteroatoms. The average molecular weight is 268 g/mol. The predicted octanol–water partition coefficient (Wildman–Crippen LogP) is 2.32. The third-order valence-corrected chi connectivity index (χ3v) is 2.51. The van der Waals surface area contributed by atoms with Gasteiger partial charge in [0, 0.05) is 17.0 Å². The summed E-state index contributed by atoms with van der Waals surface area (Å²) in [6.45, 7) is 1.89. The maximum absolute atomic E-state index is 10.9. The summed E-state index contributed by atoms with van der Waals surface area (Å²) < 4.78 is 6.48. The van der Waals surface area contributed by atoms with Crippen LogP contribution in [0, 0.1) is 0 Å². The lowest BCUT2D eigenvalue weighted by Gasteiger charge is -2.18. The SMILES string of the molecule is CC(=O)NC1=Cc2cc(Br)ccc2OC1. The van der Waals surface area contributed by atoms with Crippen molar-refractivity contribution < 1.29 is 9.53 Å². The van der Waals surface area contributed by atoms with Crippen molar-refractivity contribution in [2.75, 3.05) is 6.61 Å². The molecule has 0 atom stereocenters. The molecule has 1 amide bonds. The van der Waals surface area contributed by atoms with E-state index in [1.165, 1.54) is 6.92 Å². The van der Waals surface area contributed by atoms with Crippen LogP contribution in [0.3, 0.4) is 0 Å². The lowest BCUT2D eigenvalue weighted by Crippen LogP contribution is -2.25. The van der Waals surface area contributed by atoms with Crippen LogP contribution in [0.4, 0.5) is 0 Å². The summed E-state index contributed by atoms with van der Waals surface area (Å²) in [7, 11) is 0. The third-order valence-electron chi connectivity index (χ3n) is 2.02. The number of fused-ring (bicyclic) bond motifs is 1. The minimum absolute atomic E-state index is 0.0803. The lowest BCUT2D eigenvalue weighted by atomic mass is 10.1. The molecule has 78 valence electrons. The number of halogens is 1. The van der Waals surface area contributed by atoms with Crippen LogP contribution in [0.5, 0.6) is 5.75 Å². The van der Waals surface area contributed by atoms with Gasteiger partial charge in [-0.25, -0.2) is 0 Å². The molecule has 0 aliphatic carbocycles. The van der Waals surface area contributed by atoms with Gasteiger partial charge >= 0.3 is 0 Å². The van der Waals surface area contributed by atoms with Crippen LogP contribution in [0.2, 0.25) is 0 Å². The van der Waals surface area contributed by atoms with Crippen LogP contribution in [-0.4, -0.2) is 12.5 Å². The third kappa shape index (κ3) is 2.39. The smallest absolute Gasteiger partial charge is 0.221 e. The van der Waals surface area contributed by atoms with E-state index in [1.54, 1.807) is 0 Å². The first-order valence-corrected chi connectivity index (χ1v) is 5.35. The lowest BCUT2D eigenvalue weighted by molar-refractivity contribution is -0.118. The van der Waals surface area contributed by atoms with E-state index in [4.69, 9.17) is 4.74 Å². The molecular weight excluding hydrogens is 258 g/mol. The van der Waals surface area contributed by atoms with E-state index in [9.17, 15) is 4.79 Å². The van der Waals surface area contributed by atoms with Crippen LogP contribution in [0.15, 0.2) is 28.4 Å². The number of benzene rings is 1. The Morgan fingerprint density at radius 1 is 1.53 bits per heavy atom. The van der Waals surface area contributed by atoms with Crippen LogP contribution in [-0.2, 0) is 4.79 Å². The Morgan fingerprint density at radius 3 is 3.07 bits per heavy atom. The first-order chi connectivity index (χ1) is 7.15. The van der Waals surface area contributed by atoms with Crippen molar-refractivity contribution in [3.63, 3.8) is 0 Å². The number of nitrogens with one attached hydrogen (secondary N) is 1. The van der Waals surface area contributed by atoms with Crippen molar-refractivity contribution in [1.82, 2.24) is 5.32 Å². The number of amides is 1. The molecule has 1 heterocycles. The van der Waals surface area contributed by atoms with Crippen LogP contribution < -0.4 is 10.1 Å². The van der Waals surface area contributed by atoms with Gasteiger partial charge < -0.3 is 10.1 Å². The van der Waals surface area contributed by atoms with Crippen LogP contribution >= 0.6 is 15.9 Å². The fourth-order valence-electron chi connectivity index (χ4n) is 1.45. The quantitative estimate of drug-likeness (QED) is 0.848. The van der Waals surface area contributed by atoms with E-state index < -0.39 is 0 Å². The van der Waals surface area contributed by atoms with E-state index in [0.717, 1.165) is 21.5 Å². The molecule has 2 rings (SSSR count). The van der Waals surface area contributed by atoms with Crippen molar-refractivity contribution in [2.24, 2.45) is 0 Å². The molecule has 1 N–H and O–H groups in total. The number of carbonyl (C=O) groups excluding carboxylic acids is 1. The molecule has 0 aromatic heterocycles. The Hall–Kier alpha value is -1.29. The molecule has 1 aliphatic heterocycles. The summed E-state index contributed by atoms with van der Waals surface area (Å²) in [5, 5.41) is 2.72. The molecule has 1 aromatic rings. The fourth-order valence-corrected chi connectivity index (χ4v) is 1.83. The number of rotatable bonds is 1. The van der Waals surface area contributed by atoms with E-state index in [1.807, 2.05) is 24.3 Å². The Kier molecular flexibility index (Phi) is 2.77. The van der Waals surface area contributed by atoms with Crippen molar-refractivity contribution in [2.45, 2.75) is 6.92 Å². The predicted molar refractivity (Wildman–Crippen MR) is 61.4 cm³/mol. The second-order valence-corrected chi connectivity index (χ2v) is 4.24. The van der Waals surface area contributed by atoms with Crippen molar-refractivity contribution in [3.05, 3.63) is 33.9 Å². The zero-order valence-corrected chi connectivity index (χ0v) is 9.80. The molecule has 0 unspecified atom stereocenters. The summed E-state index contributed by atoms with van der Waals surface area (Å²) >= 11 is 3.39. The summed E-state index contributed by atoms with van der Waals surface area (Å²) in [6.07, 6.45) is 1.92. The maximum Gasteiger partial charge on any atom is 0.221 e. The van der Waals surface area contributed by atoms with Crippen LogP contribution in [0.1, 0.15) is 12.5 Å². The largest absolute Gasteiger partial charge is 0.487 e. The molecule has 0 saturated carbocycles. The van der Waals surface area contributed by atoms with E-state index in [2.05, 4.69) is 21.2 Å². The summed E-state index contributed by atoms with van der Waals surface area (Å²) in [6, 6.07) is 5.78. The summed E-state index contributed by atoms with van der Waals surface area (Å²) in [4.78, 5) is 10.9. The van der Waals surface area contributed by atoms with Gasteiger partial charge in [0.05, 0.1) is 5.70 Å². The minimum atomic E-state index is -0.0803. The molecule has 0 radical (unpaired) electrons. The second-order valence-electron chi connectivity index (χ2n) is 3.32. The van der Waals surface area contributed by atoms with E-state index >= 15 is 0 Å². The van der Waals surface area contributed by atoms with Crippen molar-refractivity contribution in [3.8, 4) is 5.75 Å².